The highest BCUT2D eigenvalue weighted by molar-refractivity contribution is 14.1. The molecule has 1 aromatic carbocycles. The van der Waals surface area contributed by atoms with Gasteiger partial charge in [0.15, 0.2) is 17.5 Å². The van der Waals surface area contributed by atoms with Crippen LogP contribution >= 0.6 is 22.6 Å². The van der Waals surface area contributed by atoms with E-state index in [-0.39, 0.29) is 29.0 Å². The number of hydrogen-bond donors (Lipinski definition) is 5. The minimum absolute atomic E-state index is 0.0117. The van der Waals surface area contributed by atoms with Crippen LogP contribution in [0, 0.1) is 0 Å². The number of aliphatic imine (C=N–C) groups is 1. The van der Waals surface area contributed by atoms with Crippen molar-refractivity contribution in [3.63, 3.8) is 0 Å². The molecule has 2 aromatic rings. The van der Waals surface area contributed by atoms with Gasteiger partial charge in [0.05, 0.1) is 5.69 Å². The van der Waals surface area contributed by atoms with Crippen LogP contribution in [0.2, 0.25) is 0 Å². The number of phenolic OH excluding ortho intramolecular Hbond substituents is 1. The van der Waals surface area contributed by atoms with Crippen LogP contribution in [0.1, 0.15) is 41.0 Å². The summed E-state index contributed by atoms with van der Waals surface area (Å²) >= 11 is 2.08. The van der Waals surface area contributed by atoms with Gasteiger partial charge in [-0.1, -0.05) is 41.1 Å². The molecule has 0 saturated heterocycles. The number of hydrogen-bond acceptors (Lipinski definition) is 7. The van der Waals surface area contributed by atoms with Gasteiger partial charge in [0.25, 0.3) is 5.91 Å². The summed E-state index contributed by atoms with van der Waals surface area (Å²) in [5.74, 6) is -0.127. The Balaban J connectivity index is 1.76. The number of amides is 1. The number of nitrogens with one attached hydrogen (secondary N) is 1. The van der Waals surface area contributed by atoms with E-state index in [2.05, 4.69) is 42.9 Å². The van der Waals surface area contributed by atoms with Crippen molar-refractivity contribution in [2.45, 2.75) is 30.1 Å². The third-order valence-corrected chi connectivity index (χ3v) is 4.67. The summed E-state index contributed by atoms with van der Waals surface area (Å²) in [7, 11) is 0. The summed E-state index contributed by atoms with van der Waals surface area (Å²) in [6.45, 7) is 0.504. The number of guanidine groups is 1. The van der Waals surface area contributed by atoms with Gasteiger partial charge in [-0.3, -0.25) is 15.1 Å². The fourth-order valence-corrected chi connectivity index (χ4v) is 3.02. The summed E-state index contributed by atoms with van der Waals surface area (Å²) in [4.78, 5) is 24.5. The number of carbonyl (C=O) groups is 1. The molecule has 1 aromatic heterocycles. The van der Waals surface area contributed by atoms with Gasteiger partial charge in [-0.15, -0.1) is 0 Å². The Labute approximate surface area is 177 Å². The molecule has 0 aliphatic rings. The molecular weight excluding hydrogens is 473 g/mol. The highest BCUT2D eigenvalue weighted by Crippen LogP contribution is 2.15. The van der Waals surface area contributed by atoms with Gasteiger partial charge in [-0.25, -0.2) is 9.97 Å². The molecule has 0 unspecified atom stereocenters. The Morgan fingerprint density at radius 1 is 1.11 bits per heavy atom. The fourth-order valence-electron chi connectivity index (χ4n) is 2.46. The second kappa shape index (κ2) is 10.6. The Bertz CT molecular complexity index is 841. The van der Waals surface area contributed by atoms with E-state index in [1.807, 2.05) is 12.1 Å². The molecular formula is C18H24IN7O2. The van der Waals surface area contributed by atoms with E-state index in [1.165, 1.54) is 5.56 Å². The summed E-state index contributed by atoms with van der Waals surface area (Å²) in [5, 5.41) is 11.7. The van der Waals surface area contributed by atoms with E-state index in [0.29, 0.717) is 16.7 Å². The van der Waals surface area contributed by atoms with Crippen molar-refractivity contribution >= 4 is 46.1 Å². The maximum atomic E-state index is 12.3. The van der Waals surface area contributed by atoms with E-state index >= 15 is 0 Å². The van der Waals surface area contributed by atoms with Gasteiger partial charge < -0.3 is 22.3 Å². The van der Waals surface area contributed by atoms with E-state index in [0.717, 1.165) is 25.7 Å². The number of phenols is 1. The van der Waals surface area contributed by atoms with Gasteiger partial charge >= 0.3 is 0 Å². The number of rotatable bonds is 8. The first kappa shape index (κ1) is 21.7. The Morgan fingerprint density at radius 2 is 1.82 bits per heavy atom. The number of unbranched alkanes of at least 4 members (excludes halogenated alkanes) is 2. The van der Waals surface area contributed by atoms with Crippen LogP contribution in [0.25, 0.3) is 0 Å². The summed E-state index contributed by atoms with van der Waals surface area (Å²) in [6, 6.07) is 7.20. The highest BCUT2D eigenvalue weighted by atomic mass is 127. The van der Waals surface area contributed by atoms with Gasteiger partial charge in [-0.2, -0.15) is 0 Å². The molecule has 28 heavy (non-hydrogen) atoms. The first-order valence-electron chi connectivity index (χ1n) is 8.77. The van der Waals surface area contributed by atoms with Crippen LogP contribution < -0.4 is 22.5 Å². The molecule has 1 heterocycles. The second-order valence-electron chi connectivity index (χ2n) is 6.12. The van der Waals surface area contributed by atoms with Gasteiger partial charge in [0.2, 0.25) is 0 Å². The predicted molar refractivity (Wildman–Crippen MR) is 118 cm³/mol. The normalized spacial score (nSPS) is 11.4. The number of alkyl halides is 1. The SMILES string of the molecule is NC(=NCCCCCc1ccc(O)cc1)NC(=O)c1nc(CI)c(N)nc1N. The van der Waals surface area contributed by atoms with Crippen LogP contribution in [0.3, 0.4) is 0 Å². The van der Waals surface area contributed by atoms with Crippen molar-refractivity contribution in [2.24, 2.45) is 10.7 Å². The standard InChI is InChI=1S/C18H24IN7O2/c19-10-13-15(20)25-16(21)14(24-13)17(28)26-18(22)23-9-3-1-2-4-11-5-7-12(27)8-6-11/h5-8,27H,1-4,9-10H2,(H4,20,21,25)(H3,22,23,26,28). The molecule has 8 N–H and O–H groups in total. The van der Waals surface area contributed by atoms with Crippen molar-refractivity contribution in [2.75, 3.05) is 18.0 Å². The van der Waals surface area contributed by atoms with Crippen molar-refractivity contribution in [1.82, 2.24) is 15.3 Å². The lowest BCUT2D eigenvalue weighted by atomic mass is 10.1. The zero-order chi connectivity index (χ0) is 20.5. The van der Waals surface area contributed by atoms with E-state index in [1.54, 1.807) is 12.1 Å². The number of nitrogens with zero attached hydrogens (tertiary/aromatic N) is 3. The molecule has 2 rings (SSSR count). The first-order chi connectivity index (χ1) is 13.4. The van der Waals surface area contributed by atoms with Gasteiger partial charge in [-0.05, 0) is 37.0 Å². The smallest absolute Gasteiger partial charge is 0.280 e. The topological polar surface area (TPSA) is 166 Å². The number of aryl methyl sites for hydroxylation is 1. The van der Waals surface area contributed by atoms with Crippen molar-refractivity contribution in [3.05, 3.63) is 41.2 Å². The molecule has 10 heteroatoms. The molecule has 0 fully saturated rings. The number of halogens is 1. The lowest BCUT2D eigenvalue weighted by Crippen LogP contribution is -2.38. The second-order valence-corrected chi connectivity index (χ2v) is 6.88. The third kappa shape index (κ3) is 6.51. The Morgan fingerprint density at radius 3 is 2.50 bits per heavy atom. The summed E-state index contributed by atoms with van der Waals surface area (Å²) in [5.41, 5.74) is 18.8. The monoisotopic (exact) mass is 497 g/mol. The number of nitrogen functional groups attached to an aromatic ring is 2. The van der Waals surface area contributed by atoms with Crippen LogP contribution in [-0.2, 0) is 10.8 Å². The molecule has 0 bridgehead atoms. The third-order valence-electron chi connectivity index (χ3n) is 3.95. The average molecular weight is 497 g/mol. The summed E-state index contributed by atoms with van der Waals surface area (Å²) in [6.07, 6.45) is 3.76. The largest absolute Gasteiger partial charge is 0.508 e. The quantitative estimate of drug-likeness (QED) is 0.122. The van der Waals surface area contributed by atoms with Gasteiger partial charge in [0.1, 0.15) is 11.6 Å². The maximum absolute atomic E-state index is 12.3. The first-order valence-corrected chi connectivity index (χ1v) is 10.3. The lowest BCUT2D eigenvalue weighted by molar-refractivity contribution is 0.0972. The molecule has 0 saturated carbocycles. The number of anilines is 2. The van der Waals surface area contributed by atoms with Crippen molar-refractivity contribution in [1.29, 1.82) is 0 Å². The zero-order valence-electron chi connectivity index (χ0n) is 15.4. The van der Waals surface area contributed by atoms with Crippen LogP contribution in [0.5, 0.6) is 5.75 Å². The maximum Gasteiger partial charge on any atom is 0.280 e. The van der Waals surface area contributed by atoms with Crippen LogP contribution in [0.15, 0.2) is 29.3 Å². The molecule has 1 amide bonds. The Kier molecular flexibility index (Phi) is 8.23. The molecule has 0 radical (unpaired) electrons. The number of nitrogens with two attached hydrogens (primary N) is 3. The number of carbonyl (C=O) groups excluding carboxylic acids is 1. The van der Waals surface area contributed by atoms with E-state index in [4.69, 9.17) is 17.2 Å². The zero-order valence-corrected chi connectivity index (χ0v) is 17.5. The molecule has 0 aliphatic heterocycles. The minimum Gasteiger partial charge on any atom is -0.508 e. The molecule has 9 nitrogen and oxygen atoms in total. The number of aromatic hydroxyl groups is 1. The predicted octanol–water partition coefficient (Wildman–Crippen LogP) is 1.74. The lowest BCUT2D eigenvalue weighted by Gasteiger charge is -2.08. The minimum atomic E-state index is -0.565. The van der Waals surface area contributed by atoms with E-state index < -0.39 is 5.91 Å². The van der Waals surface area contributed by atoms with Crippen molar-refractivity contribution in [3.8, 4) is 5.75 Å². The van der Waals surface area contributed by atoms with Gasteiger partial charge in [0, 0.05) is 11.0 Å². The van der Waals surface area contributed by atoms with Crippen molar-refractivity contribution < 1.29 is 9.90 Å². The highest BCUT2D eigenvalue weighted by Gasteiger charge is 2.16. The molecule has 150 valence electrons. The Hall–Kier alpha value is -2.63. The molecule has 0 atom stereocenters. The van der Waals surface area contributed by atoms with Crippen LogP contribution in [-0.4, -0.2) is 33.5 Å². The van der Waals surface area contributed by atoms with Crippen LogP contribution in [0.4, 0.5) is 11.6 Å². The summed E-state index contributed by atoms with van der Waals surface area (Å²) < 4.78 is 0.505. The van der Waals surface area contributed by atoms with E-state index in [9.17, 15) is 9.90 Å². The molecule has 0 aliphatic carbocycles. The average Bonchev–Trinajstić information content (AvgIpc) is 2.66. The number of aromatic nitrogens is 2. The molecule has 0 spiro atoms. The number of benzene rings is 1. The fraction of sp³-hybridized carbons (Fsp3) is 0.333.